The van der Waals surface area contributed by atoms with E-state index in [1.54, 1.807) is 30.3 Å². The number of nitrogens with zero attached hydrogens (tertiary/aromatic N) is 2. The summed E-state index contributed by atoms with van der Waals surface area (Å²) >= 11 is 0. The molecule has 8 heteroatoms. The number of carbonyl (C=O) groups is 2. The van der Waals surface area contributed by atoms with Crippen LogP contribution in [-0.2, 0) is 0 Å². The second-order valence-electron chi connectivity index (χ2n) is 4.92. The average molecular weight is 339 g/mol. The number of benzene rings is 2. The summed E-state index contributed by atoms with van der Waals surface area (Å²) in [6, 6.07) is 12.7. The summed E-state index contributed by atoms with van der Waals surface area (Å²) in [5.74, 6) is -1.15. The van der Waals surface area contributed by atoms with Crippen LogP contribution in [0.5, 0.6) is 5.75 Å². The van der Waals surface area contributed by atoms with Crippen molar-refractivity contribution in [3.05, 3.63) is 59.7 Å². The predicted molar refractivity (Wildman–Crippen MR) is 87.6 cm³/mol. The van der Waals surface area contributed by atoms with Crippen LogP contribution >= 0.6 is 0 Å². The van der Waals surface area contributed by atoms with E-state index in [1.807, 2.05) is 0 Å². The maximum atomic E-state index is 12.3. The Hall–Kier alpha value is -3.68. The minimum atomic E-state index is -1.20. The number of ether oxygens (including phenoxy) is 1. The van der Waals surface area contributed by atoms with Crippen molar-refractivity contribution in [3.8, 4) is 17.2 Å². The molecule has 2 aromatic carbocycles. The molecule has 8 nitrogen and oxygen atoms in total. The third-order valence-electron chi connectivity index (χ3n) is 3.38. The Balaban J connectivity index is 1.85. The Labute approximate surface area is 142 Å². The first-order valence-corrected chi connectivity index (χ1v) is 7.20. The minimum Gasteiger partial charge on any atom is -0.496 e. The summed E-state index contributed by atoms with van der Waals surface area (Å²) in [5, 5.41) is 19.2. The highest BCUT2D eigenvalue weighted by Crippen LogP contribution is 2.29. The Morgan fingerprint density at radius 2 is 1.72 bits per heavy atom. The molecule has 0 radical (unpaired) electrons. The fourth-order valence-corrected chi connectivity index (χ4v) is 2.24. The van der Waals surface area contributed by atoms with Gasteiger partial charge in [-0.2, -0.15) is 0 Å². The number of anilines is 1. The molecule has 0 atom stereocenters. The van der Waals surface area contributed by atoms with Crippen LogP contribution in [0.3, 0.4) is 0 Å². The standard InChI is InChI=1S/C17H13N3O5/c1-24-13-9-5-4-8-12(13)15-19-20-17(25-15)18-14(21)10-6-2-3-7-11(10)16(22)23/h2-9H,1H3,(H,22,23)(H,18,20,21). The van der Waals surface area contributed by atoms with E-state index in [-0.39, 0.29) is 23.0 Å². The molecule has 1 heterocycles. The van der Waals surface area contributed by atoms with Gasteiger partial charge >= 0.3 is 12.0 Å². The summed E-state index contributed by atoms with van der Waals surface area (Å²) < 4.78 is 10.6. The lowest BCUT2D eigenvalue weighted by molar-refractivity contribution is 0.0692. The smallest absolute Gasteiger partial charge is 0.336 e. The molecule has 0 saturated carbocycles. The highest BCUT2D eigenvalue weighted by atomic mass is 16.5. The molecule has 0 aliphatic carbocycles. The molecule has 3 rings (SSSR count). The zero-order valence-corrected chi connectivity index (χ0v) is 13.1. The summed E-state index contributed by atoms with van der Waals surface area (Å²) in [7, 11) is 1.51. The van der Waals surface area contributed by atoms with Crippen molar-refractivity contribution in [1.82, 2.24) is 10.2 Å². The van der Waals surface area contributed by atoms with Crippen molar-refractivity contribution in [3.63, 3.8) is 0 Å². The van der Waals surface area contributed by atoms with E-state index in [0.29, 0.717) is 11.3 Å². The number of para-hydroxylation sites is 1. The fourth-order valence-electron chi connectivity index (χ4n) is 2.24. The molecule has 0 spiro atoms. The second kappa shape index (κ2) is 6.83. The third kappa shape index (κ3) is 3.32. The van der Waals surface area contributed by atoms with E-state index < -0.39 is 11.9 Å². The number of aromatic carboxylic acids is 1. The first kappa shape index (κ1) is 16.2. The van der Waals surface area contributed by atoms with Gasteiger partial charge in [0.25, 0.3) is 11.8 Å². The Morgan fingerprint density at radius 3 is 2.44 bits per heavy atom. The monoisotopic (exact) mass is 339 g/mol. The molecule has 0 unspecified atom stereocenters. The summed E-state index contributed by atoms with van der Waals surface area (Å²) in [5.41, 5.74) is 0.445. The average Bonchev–Trinajstić information content (AvgIpc) is 3.09. The van der Waals surface area contributed by atoms with Gasteiger partial charge in [0, 0.05) is 0 Å². The predicted octanol–water partition coefficient (Wildman–Crippen LogP) is 2.70. The Kier molecular flexibility index (Phi) is 4.42. The van der Waals surface area contributed by atoms with Crippen molar-refractivity contribution in [2.45, 2.75) is 0 Å². The van der Waals surface area contributed by atoms with Gasteiger partial charge in [0.15, 0.2) is 0 Å². The minimum absolute atomic E-state index is 0.00737. The summed E-state index contributed by atoms with van der Waals surface area (Å²) in [6.07, 6.45) is 0. The number of carboxylic acids is 1. The lowest BCUT2D eigenvalue weighted by Crippen LogP contribution is -2.16. The van der Waals surface area contributed by atoms with Gasteiger partial charge in [-0.05, 0) is 24.3 Å². The summed E-state index contributed by atoms with van der Waals surface area (Å²) in [4.78, 5) is 23.5. The third-order valence-corrected chi connectivity index (χ3v) is 3.38. The van der Waals surface area contributed by atoms with Crippen LogP contribution in [0.15, 0.2) is 52.9 Å². The normalized spacial score (nSPS) is 10.3. The van der Waals surface area contributed by atoms with Crippen LogP contribution < -0.4 is 10.1 Å². The molecule has 0 aliphatic rings. The van der Waals surface area contributed by atoms with Gasteiger partial charge in [0.2, 0.25) is 0 Å². The molecule has 126 valence electrons. The van der Waals surface area contributed by atoms with Crippen molar-refractivity contribution in [1.29, 1.82) is 0 Å². The zero-order valence-electron chi connectivity index (χ0n) is 13.1. The fraction of sp³-hybridized carbons (Fsp3) is 0.0588. The quantitative estimate of drug-likeness (QED) is 0.734. The number of nitrogens with one attached hydrogen (secondary N) is 1. The number of rotatable bonds is 5. The summed E-state index contributed by atoms with van der Waals surface area (Å²) in [6.45, 7) is 0. The topological polar surface area (TPSA) is 115 Å². The SMILES string of the molecule is COc1ccccc1-c1nnc(NC(=O)c2ccccc2C(=O)O)o1. The molecule has 1 amide bonds. The molecule has 2 N–H and O–H groups in total. The molecule has 0 bridgehead atoms. The first-order chi connectivity index (χ1) is 12.1. The van der Waals surface area contributed by atoms with Crippen LogP contribution in [-0.4, -0.2) is 34.3 Å². The Morgan fingerprint density at radius 1 is 1.04 bits per heavy atom. The van der Waals surface area contributed by atoms with Crippen LogP contribution in [0, 0.1) is 0 Å². The molecule has 3 aromatic rings. The Bertz CT molecular complexity index is 935. The number of hydrogen-bond donors (Lipinski definition) is 2. The first-order valence-electron chi connectivity index (χ1n) is 7.20. The maximum absolute atomic E-state index is 12.3. The van der Waals surface area contributed by atoms with Gasteiger partial charge in [0.1, 0.15) is 5.75 Å². The van der Waals surface area contributed by atoms with Gasteiger partial charge in [-0.25, -0.2) is 4.79 Å². The van der Waals surface area contributed by atoms with Crippen molar-refractivity contribution in [2.75, 3.05) is 12.4 Å². The lowest BCUT2D eigenvalue weighted by Gasteiger charge is -2.05. The highest BCUT2D eigenvalue weighted by Gasteiger charge is 2.19. The number of amides is 1. The molecule has 1 aromatic heterocycles. The number of methoxy groups -OCH3 is 1. The molecular weight excluding hydrogens is 326 g/mol. The van der Waals surface area contributed by atoms with E-state index in [0.717, 1.165) is 0 Å². The zero-order chi connectivity index (χ0) is 17.8. The lowest BCUT2D eigenvalue weighted by atomic mass is 10.1. The van der Waals surface area contributed by atoms with Crippen LogP contribution in [0.4, 0.5) is 6.01 Å². The molecule has 0 aliphatic heterocycles. The van der Waals surface area contributed by atoms with Gasteiger partial charge in [0.05, 0.1) is 23.8 Å². The van der Waals surface area contributed by atoms with Crippen LogP contribution in [0.1, 0.15) is 20.7 Å². The molecule has 0 saturated heterocycles. The largest absolute Gasteiger partial charge is 0.496 e. The highest BCUT2D eigenvalue weighted by molar-refractivity contribution is 6.10. The van der Waals surface area contributed by atoms with Crippen LogP contribution in [0.25, 0.3) is 11.5 Å². The van der Waals surface area contributed by atoms with Gasteiger partial charge in [-0.15, -0.1) is 5.10 Å². The van der Waals surface area contributed by atoms with E-state index >= 15 is 0 Å². The van der Waals surface area contributed by atoms with E-state index in [9.17, 15) is 9.59 Å². The van der Waals surface area contributed by atoms with E-state index in [2.05, 4.69) is 15.5 Å². The van der Waals surface area contributed by atoms with Gasteiger partial charge in [-0.1, -0.05) is 29.4 Å². The van der Waals surface area contributed by atoms with Crippen molar-refractivity contribution >= 4 is 17.9 Å². The number of carboxylic acid groups (broad SMARTS) is 1. The van der Waals surface area contributed by atoms with E-state index in [4.69, 9.17) is 14.3 Å². The van der Waals surface area contributed by atoms with Gasteiger partial charge in [-0.3, -0.25) is 10.1 Å². The molecule has 0 fully saturated rings. The van der Waals surface area contributed by atoms with Crippen LogP contribution in [0.2, 0.25) is 0 Å². The number of carbonyl (C=O) groups excluding carboxylic acids is 1. The maximum Gasteiger partial charge on any atom is 0.336 e. The van der Waals surface area contributed by atoms with Gasteiger partial charge < -0.3 is 14.3 Å². The molecular formula is C17H13N3O5. The molecule has 25 heavy (non-hydrogen) atoms. The second-order valence-corrected chi connectivity index (χ2v) is 4.92. The van der Waals surface area contributed by atoms with Crippen molar-refractivity contribution < 1.29 is 23.8 Å². The number of aromatic nitrogens is 2. The van der Waals surface area contributed by atoms with E-state index in [1.165, 1.54) is 25.3 Å². The van der Waals surface area contributed by atoms with Crippen molar-refractivity contribution in [2.24, 2.45) is 0 Å². The number of hydrogen-bond acceptors (Lipinski definition) is 6.